The van der Waals surface area contributed by atoms with Crippen molar-refractivity contribution in [3.63, 3.8) is 0 Å². The molecule has 0 aliphatic rings. The average Bonchev–Trinajstić information content (AvgIpc) is 2.51. The number of nitrogens with zero attached hydrogens (tertiary/aromatic N) is 2. The number of aromatic nitrogens is 2. The quantitative estimate of drug-likeness (QED) is 0.771. The number of ketones is 1. The standard InChI is InChI=1S/C10H16N2O2/c1-4-10(2,14)9(13)7-8-5-6-12(3)11-8/h5-6,14H,4,7H2,1-3H3. The molecule has 0 saturated carbocycles. The maximum absolute atomic E-state index is 11.6. The van der Waals surface area contributed by atoms with Crippen LogP contribution in [0.15, 0.2) is 12.3 Å². The van der Waals surface area contributed by atoms with Crippen LogP contribution >= 0.6 is 0 Å². The molecule has 4 nitrogen and oxygen atoms in total. The number of carbonyl (C=O) groups excluding carboxylic acids is 1. The monoisotopic (exact) mass is 196 g/mol. The van der Waals surface area contributed by atoms with Crippen LogP contribution in [0.2, 0.25) is 0 Å². The van der Waals surface area contributed by atoms with E-state index >= 15 is 0 Å². The summed E-state index contributed by atoms with van der Waals surface area (Å²) in [6.45, 7) is 3.33. The summed E-state index contributed by atoms with van der Waals surface area (Å²) in [6, 6.07) is 1.78. The summed E-state index contributed by atoms with van der Waals surface area (Å²) in [5.41, 5.74) is -0.524. The summed E-state index contributed by atoms with van der Waals surface area (Å²) in [5, 5.41) is 13.8. The van der Waals surface area contributed by atoms with E-state index in [0.717, 1.165) is 0 Å². The summed E-state index contributed by atoms with van der Waals surface area (Å²) in [6.07, 6.45) is 2.41. The van der Waals surface area contributed by atoms with E-state index in [1.807, 2.05) is 0 Å². The first kappa shape index (κ1) is 10.9. The normalized spacial score (nSPS) is 15.1. The van der Waals surface area contributed by atoms with Gasteiger partial charge in [0.25, 0.3) is 0 Å². The van der Waals surface area contributed by atoms with E-state index in [-0.39, 0.29) is 12.2 Å². The maximum atomic E-state index is 11.6. The molecular weight excluding hydrogens is 180 g/mol. The Bertz CT molecular complexity index is 329. The van der Waals surface area contributed by atoms with Crippen molar-refractivity contribution in [2.24, 2.45) is 7.05 Å². The fraction of sp³-hybridized carbons (Fsp3) is 0.600. The second-order valence-electron chi connectivity index (χ2n) is 3.71. The SMILES string of the molecule is CCC(C)(O)C(=O)Cc1ccn(C)n1. The van der Waals surface area contributed by atoms with Crippen LogP contribution in [-0.2, 0) is 18.3 Å². The third kappa shape index (κ3) is 2.42. The lowest BCUT2D eigenvalue weighted by atomic mass is 9.95. The van der Waals surface area contributed by atoms with Gasteiger partial charge in [0, 0.05) is 13.2 Å². The number of hydrogen-bond donors (Lipinski definition) is 1. The van der Waals surface area contributed by atoms with Gasteiger partial charge < -0.3 is 5.11 Å². The van der Waals surface area contributed by atoms with Gasteiger partial charge in [0.15, 0.2) is 5.78 Å². The number of aryl methyl sites for hydroxylation is 1. The van der Waals surface area contributed by atoms with E-state index in [1.54, 1.807) is 30.9 Å². The largest absolute Gasteiger partial charge is 0.382 e. The van der Waals surface area contributed by atoms with E-state index < -0.39 is 5.60 Å². The first-order chi connectivity index (χ1) is 6.45. The molecule has 0 aromatic carbocycles. The Balaban J connectivity index is 2.66. The molecule has 0 radical (unpaired) electrons. The van der Waals surface area contributed by atoms with Crippen molar-refractivity contribution in [2.75, 3.05) is 0 Å². The molecule has 0 aliphatic heterocycles. The van der Waals surface area contributed by atoms with Crippen LogP contribution in [0.3, 0.4) is 0 Å². The van der Waals surface area contributed by atoms with Gasteiger partial charge in [-0.15, -0.1) is 0 Å². The molecule has 1 aromatic heterocycles. The van der Waals surface area contributed by atoms with Gasteiger partial charge in [-0.1, -0.05) is 6.92 Å². The minimum absolute atomic E-state index is 0.182. The van der Waals surface area contributed by atoms with Crippen LogP contribution in [-0.4, -0.2) is 26.3 Å². The second-order valence-corrected chi connectivity index (χ2v) is 3.71. The average molecular weight is 196 g/mol. The molecule has 1 rings (SSSR count). The molecule has 1 atom stereocenters. The zero-order chi connectivity index (χ0) is 10.8. The lowest BCUT2D eigenvalue weighted by Gasteiger charge is -2.18. The third-order valence-electron chi connectivity index (χ3n) is 2.40. The van der Waals surface area contributed by atoms with Crippen LogP contribution in [0.1, 0.15) is 26.0 Å². The minimum atomic E-state index is -1.22. The van der Waals surface area contributed by atoms with E-state index in [0.29, 0.717) is 12.1 Å². The molecule has 1 aromatic rings. The molecule has 1 N–H and O–H groups in total. The highest BCUT2D eigenvalue weighted by Gasteiger charge is 2.27. The molecule has 0 fully saturated rings. The molecule has 0 bridgehead atoms. The number of hydrogen-bond acceptors (Lipinski definition) is 3. The van der Waals surface area contributed by atoms with E-state index in [1.165, 1.54) is 6.92 Å². The third-order valence-corrected chi connectivity index (χ3v) is 2.40. The number of Topliss-reactive ketones (excluding diaryl/α,β-unsaturated/α-hetero) is 1. The summed E-state index contributed by atoms with van der Waals surface area (Å²) in [4.78, 5) is 11.6. The van der Waals surface area contributed by atoms with Crippen molar-refractivity contribution in [3.8, 4) is 0 Å². The summed E-state index contributed by atoms with van der Waals surface area (Å²) >= 11 is 0. The number of rotatable bonds is 4. The van der Waals surface area contributed by atoms with Crippen molar-refractivity contribution in [1.82, 2.24) is 9.78 Å². The lowest BCUT2D eigenvalue weighted by Crippen LogP contribution is -2.35. The minimum Gasteiger partial charge on any atom is -0.382 e. The van der Waals surface area contributed by atoms with Gasteiger partial charge in [0.2, 0.25) is 0 Å². The van der Waals surface area contributed by atoms with Crippen molar-refractivity contribution in [3.05, 3.63) is 18.0 Å². The molecule has 4 heteroatoms. The van der Waals surface area contributed by atoms with Crippen molar-refractivity contribution >= 4 is 5.78 Å². The Labute approximate surface area is 83.5 Å². The fourth-order valence-electron chi connectivity index (χ4n) is 1.11. The summed E-state index contributed by atoms with van der Waals surface area (Å²) < 4.78 is 1.64. The molecule has 14 heavy (non-hydrogen) atoms. The smallest absolute Gasteiger partial charge is 0.170 e. The van der Waals surface area contributed by atoms with E-state index in [9.17, 15) is 9.90 Å². The van der Waals surface area contributed by atoms with Gasteiger partial charge in [0.05, 0.1) is 12.1 Å². The van der Waals surface area contributed by atoms with Gasteiger partial charge in [-0.3, -0.25) is 9.48 Å². The molecule has 0 aliphatic carbocycles. The first-order valence-electron chi connectivity index (χ1n) is 4.70. The van der Waals surface area contributed by atoms with Gasteiger partial charge in [0.1, 0.15) is 5.60 Å². The lowest BCUT2D eigenvalue weighted by molar-refractivity contribution is -0.135. The van der Waals surface area contributed by atoms with Gasteiger partial charge in [-0.05, 0) is 19.4 Å². The number of carbonyl (C=O) groups is 1. The van der Waals surface area contributed by atoms with Crippen LogP contribution in [0.25, 0.3) is 0 Å². The molecule has 0 spiro atoms. The Hall–Kier alpha value is -1.16. The van der Waals surface area contributed by atoms with E-state index in [2.05, 4.69) is 5.10 Å². The van der Waals surface area contributed by atoms with Crippen molar-refractivity contribution in [2.45, 2.75) is 32.3 Å². The topological polar surface area (TPSA) is 55.1 Å². The predicted octanol–water partition coefficient (Wildman–Crippen LogP) is 0.693. The van der Waals surface area contributed by atoms with Crippen LogP contribution in [0.4, 0.5) is 0 Å². The molecule has 0 amide bonds. The fourth-order valence-corrected chi connectivity index (χ4v) is 1.11. The Morgan fingerprint density at radius 1 is 1.71 bits per heavy atom. The summed E-state index contributed by atoms with van der Waals surface area (Å²) in [7, 11) is 1.80. The predicted molar refractivity (Wildman–Crippen MR) is 52.8 cm³/mol. The van der Waals surface area contributed by atoms with E-state index in [4.69, 9.17) is 0 Å². The Kier molecular flexibility index (Phi) is 3.06. The van der Waals surface area contributed by atoms with Crippen molar-refractivity contribution < 1.29 is 9.90 Å². The van der Waals surface area contributed by atoms with Crippen LogP contribution in [0.5, 0.6) is 0 Å². The van der Waals surface area contributed by atoms with Gasteiger partial charge >= 0.3 is 0 Å². The zero-order valence-corrected chi connectivity index (χ0v) is 8.82. The Morgan fingerprint density at radius 2 is 2.36 bits per heavy atom. The molecule has 78 valence electrons. The zero-order valence-electron chi connectivity index (χ0n) is 8.82. The van der Waals surface area contributed by atoms with Crippen molar-refractivity contribution in [1.29, 1.82) is 0 Å². The highest BCUT2D eigenvalue weighted by Crippen LogP contribution is 2.12. The summed E-state index contributed by atoms with van der Waals surface area (Å²) in [5.74, 6) is -0.182. The second kappa shape index (κ2) is 3.92. The van der Waals surface area contributed by atoms with Crippen LogP contribution < -0.4 is 0 Å². The molecule has 1 heterocycles. The van der Waals surface area contributed by atoms with Gasteiger partial charge in [-0.25, -0.2) is 0 Å². The van der Waals surface area contributed by atoms with Gasteiger partial charge in [-0.2, -0.15) is 5.10 Å². The highest BCUT2D eigenvalue weighted by atomic mass is 16.3. The molecule has 0 saturated heterocycles. The first-order valence-corrected chi connectivity index (χ1v) is 4.70. The molecule has 1 unspecified atom stereocenters. The molecular formula is C10H16N2O2. The van der Waals surface area contributed by atoms with Crippen LogP contribution in [0, 0.1) is 0 Å². The number of aliphatic hydroxyl groups is 1. The highest BCUT2D eigenvalue weighted by molar-refractivity contribution is 5.88. The maximum Gasteiger partial charge on any atom is 0.170 e. The Morgan fingerprint density at radius 3 is 2.79 bits per heavy atom.